The van der Waals surface area contributed by atoms with Gasteiger partial charge in [0.25, 0.3) is 5.92 Å². The van der Waals surface area contributed by atoms with E-state index in [4.69, 9.17) is 0 Å². The van der Waals surface area contributed by atoms with E-state index in [0.29, 0.717) is 6.42 Å². The van der Waals surface area contributed by atoms with Crippen LogP contribution in [0.2, 0.25) is 0 Å². The molecule has 0 heterocycles. The molecule has 70 valence electrons. The molecule has 1 saturated carbocycles. The van der Waals surface area contributed by atoms with Gasteiger partial charge in [-0.05, 0) is 18.1 Å². The standard InChI is InChI=1S/C10H9BrF2/c11-9-4-2-1-3-7(9)8-5-6-10(8,12)13/h1-4,8H,5-6H2. The lowest BCUT2D eigenvalue weighted by Crippen LogP contribution is -2.36. The third kappa shape index (κ3) is 1.50. The molecule has 0 bridgehead atoms. The van der Waals surface area contributed by atoms with Crippen LogP contribution in [0.4, 0.5) is 8.78 Å². The molecule has 3 heteroatoms. The topological polar surface area (TPSA) is 0 Å². The van der Waals surface area contributed by atoms with Crippen LogP contribution < -0.4 is 0 Å². The maximum absolute atomic E-state index is 13.0. The van der Waals surface area contributed by atoms with Crippen LogP contribution in [0, 0.1) is 0 Å². The number of rotatable bonds is 1. The van der Waals surface area contributed by atoms with E-state index in [2.05, 4.69) is 15.9 Å². The van der Waals surface area contributed by atoms with Crippen molar-refractivity contribution in [3.05, 3.63) is 34.3 Å². The Hall–Kier alpha value is -0.440. The molecule has 0 radical (unpaired) electrons. The minimum atomic E-state index is -2.50. The van der Waals surface area contributed by atoms with Crippen LogP contribution in [0.15, 0.2) is 28.7 Å². The molecule has 1 atom stereocenters. The molecule has 0 nitrogen and oxygen atoms in total. The summed E-state index contributed by atoms with van der Waals surface area (Å²) in [6, 6.07) is 7.21. The predicted molar refractivity (Wildman–Crippen MR) is 51.1 cm³/mol. The van der Waals surface area contributed by atoms with Crippen molar-refractivity contribution in [2.45, 2.75) is 24.7 Å². The minimum absolute atomic E-state index is 0.0268. The van der Waals surface area contributed by atoms with E-state index in [-0.39, 0.29) is 6.42 Å². The lowest BCUT2D eigenvalue weighted by molar-refractivity contribution is -0.0964. The molecule has 1 aromatic carbocycles. The average Bonchev–Trinajstić information content (AvgIpc) is 2.07. The van der Waals surface area contributed by atoms with Gasteiger partial charge < -0.3 is 0 Å². The fourth-order valence-electron chi connectivity index (χ4n) is 1.65. The van der Waals surface area contributed by atoms with Gasteiger partial charge >= 0.3 is 0 Å². The van der Waals surface area contributed by atoms with Gasteiger partial charge in [-0.1, -0.05) is 34.1 Å². The molecule has 1 aliphatic rings. The largest absolute Gasteiger partial charge is 0.254 e. The van der Waals surface area contributed by atoms with Gasteiger partial charge in [-0.25, -0.2) is 8.78 Å². The summed E-state index contributed by atoms with van der Waals surface area (Å²) in [6.07, 6.45) is 0.620. The second kappa shape index (κ2) is 3.05. The Morgan fingerprint density at radius 3 is 2.46 bits per heavy atom. The first-order valence-electron chi connectivity index (χ1n) is 4.23. The van der Waals surface area contributed by atoms with Gasteiger partial charge in [0.15, 0.2) is 0 Å². The quantitative estimate of drug-likeness (QED) is 0.704. The van der Waals surface area contributed by atoms with Crippen LogP contribution in [-0.4, -0.2) is 5.92 Å². The number of hydrogen-bond donors (Lipinski definition) is 0. The lowest BCUT2D eigenvalue weighted by atomic mass is 9.76. The van der Waals surface area contributed by atoms with Gasteiger partial charge in [0, 0.05) is 16.8 Å². The summed E-state index contributed by atoms with van der Waals surface area (Å²) in [5.74, 6) is -3.08. The van der Waals surface area contributed by atoms with E-state index < -0.39 is 11.8 Å². The number of alkyl halides is 2. The number of hydrogen-bond acceptors (Lipinski definition) is 0. The van der Waals surface area contributed by atoms with Gasteiger partial charge in [-0.3, -0.25) is 0 Å². The highest BCUT2D eigenvalue weighted by atomic mass is 79.9. The number of benzene rings is 1. The van der Waals surface area contributed by atoms with Gasteiger partial charge in [-0.2, -0.15) is 0 Å². The Labute approximate surface area is 84.1 Å². The molecule has 13 heavy (non-hydrogen) atoms. The molecule has 0 spiro atoms. The van der Waals surface area contributed by atoms with Crippen molar-refractivity contribution in [3.8, 4) is 0 Å². The second-order valence-electron chi connectivity index (χ2n) is 3.37. The van der Waals surface area contributed by atoms with E-state index in [1.807, 2.05) is 12.1 Å². The Morgan fingerprint density at radius 2 is 2.00 bits per heavy atom. The smallest absolute Gasteiger partial charge is 0.206 e. The summed E-state index contributed by atoms with van der Waals surface area (Å²) < 4.78 is 26.9. The van der Waals surface area contributed by atoms with Gasteiger partial charge in [0.05, 0.1) is 0 Å². The van der Waals surface area contributed by atoms with Crippen LogP contribution in [-0.2, 0) is 0 Å². The summed E-state index contributed by atoms with van der Waals surface area (Å²) in [4.78, 5) is 0. The molecule has 1 unspecified atom stereocenters. The SMILES string of the molecule is FC1(F)CCC1c1ccccc1Br. The molecule has 1 aliphatic carbocycles. The second-order valence-corrected chi connectivity index (χ2v) is 4.23. The molecule has 1 fully saturated rings. The first kappa shape index (κ1) is 9.13. The van der Waals surface area contributed by atoms with Gasteiger partial charge in [-0.15, -0.1) is 0 Å². The van der Waals surface area contributed by atoms with Crippen LogP contribution in [0.25, 0.3) is 0 Å². The predicted octanol–water partition coefficient (Wildman–Crippen LogP) is 3.96. The van der Waals surface area contributed by atoms with E-state index in [0.717, 1.165) is 10.0 Å². The van der Waals surface area contributed by atoms with Crippen molar-refractivity contribution in [2.75, 3.05) is 0 Å². The molecular formula is C10H9BrF2. The van der Waals surface area contributed by atoms with Crippen molar-refractivity contribution in [1.82, 2.24) is 0 Å². The molecular weight excluding hydrogens is 238 g/mol. The van der Waals surface area contributed by atoms with Gasteiger partial charge in [0.2, 0.25) is 0 Å². The molecule has 0 amide bonds. The first-order valence-corrected chi connectivity index (χ1v) is 5.03. The third-order valence-corrected chi connectivity index (χ3v) is 3.28. The summed E-state index contributed by atoms with van der Waals surface area (Å²) in [5.41, 5.74) is 0.735. The fourth-order valence-corrected chi connectivity index (χ4v) is 2.21. The van der Waals surface area contributed by atoms with E-state index in [9.17, 15) is 8.78 Å². The maximum Gasteiger partial charge on any atom is 0.254 e. The van der Waals surface area contributed by atoms with Crippen molar-refractivity contribution in [2.24, 2.45) is 0 Å². The normalized spacial score (nSPS) is 25.3. The van der Waals surface area contributed by atoms with E-state index >= 15 is 0 Å². The first-order chi connectivity index (χ1) is 6.11. The van der Waals surface area contributed by atoms with Crippen molar-refractivity contribution in [1.29, 1.82) is 0 Å². The Kier molecular flexibility index (Phi) is 2.14. The monoisotopic (exact) mass is 246 g/mol. The van der Waals surface area contributed by atoms with Crippen LogP contribution in [0.3, 0.4) is 0 Å². The molecule has 2 rings (SSSR count). The zero-order valence-corrected chi connectivity index (χ0v) is 8.52. The molecule has 1 aromatic rings. The Morgan fingerprint density at radius 1 is 1.31 bits per heavy atom. The van der Waals surface area contributed by atoms with Crippen LogP contribution in [0.1, 0.15) is 24.3 Å². The third-order valence-electron chi connectivity index (χ3n) is 2.56. The molecule has 0 aliphatic heterocycles. The van der Waals surface area contributed by atoms with Crippen molar-refractivity contribution >= 4 is 15.9 Å². The van der Waals surface area contributed by atoms with Crippen molar-refractivity contribution < 1.29 is 8.78 Å². The highest BCUT2D eigenvalue weighted by Gasteiger charge is 2.49. The molecule has 0 aromatic heterocycles. The fraction of sp³-hybridized carbons (Fsp3) is 0.400. The summed E-state index contributed by atoms with van der Waals surface area (Å²) in [5, 5.41) is 0. The maximum atomic E-state index is 13.0. The number of halogens is 3. The zero-order chi connectivity index (χ0) is 9.47. The van der Waals surface area contributed by atoms with Gasteiger partial charge in [0.1, 0.15) is 0 Å². The van der Waals surface area contributed by atoms with Crippen LogP contribution in [0.5, 0.6) is 0 Å². The summed E-state index contributed by atoms with van der Waals surface area (Å²) >= 11 is 3.29. The van der Waals surface area contributed by atoms with E-state index in [1.54, 1.807) is 12.1 Å². The molecule has 0 saturated heterocycles. The zero-order valence-electron chi connectivity index (χ0n) is 6.93. The Balaban J connectivity index is 2.32. The van der Waals surface area contributed by atoms with Crippen LogP contribution >= 0.6 is 15.9 Å². The highest BCUT2D eigenvalue weighted by Crippen LogP contribution is 2.51. The summed E-state index contributed by atoms with van der Waals surface area (Å²) in [7, 11) is 0. The Bertz CT molecular complexity index is 322. The average molecular weight is 247 g/mol. The van der Waals surface area contributed by atoms with Crippen molar-refractivity contribution in [3.63, 3.8) is 0 Å². The molecule has 0 N–H and O–H groups in total. The summed E-state index contributed by atoms with van der Waals surface area (Å²) in [6.45, 7) is 0. The van der Waals surface area contributed by atoms with E-state index in [1.165, 1.54) is 0 Å². The lowest BCUT2D eigenvalue weighted by Gasteiger charge is -2.37. The highest BCUT2D eigenvalue weighted by molar-refractivity contribution is 9.10. The minimum Gasteiger partial charge on any atom is -0.206 e.